The molecule has 4 aromatic rings. The molecule has 152 valence electrons. The number of rotatable bonds is 4. The van der Waals surface area contributed by atoms with E-state index in [1.807, 2.05) is 24.0 Å². The first kappa shape index (κ1) is 18.5. The fourth-order valence-corrected chi connectivity index (χ4v) is 3.99. The number of nitrogens with zero attached hydrogens (tertiary/aromatic N) is 5. The average molecular weight is 404 g/mol. The van der Waals surface area contributed by atoms with Crippen molar-refractivity contribution in [1.82, 2.24) is 29.9 Å². The summed E-state index contributed by atoms with van der Waals surface area (Å²) in [5.74, 6) is 0.369. The highest BCUT2D eigenvalue weighted by molar-refractivity contribution is 5.92. The summed E-state index contributed by atoms with van der Waals surface area (Å²) in [4.78, 5) is 23.0. The van der Waals surface area contributed by atoms with Crippen molar-refractivity contribution in [3.8, 4) is 0 Å². The molecule has 2 aromatic heterocycles. The van der Waals surface area contributed by atoms with Gasteiger partial charge in [0.05, 0.1) is 29.8 Å². The molecule has 8 heteroatoms. The molecule has 0 bridgehead atoms. The summed E-state index contributed by atoms with van der Waals surface area (Å²) >= 11 is 0. The number of fused-ring (bicyclic) bond motifs is 1. The Bertz CT molecular complexity index is 1210. The number of nitrogens with one attached hydrogen (secondary N) is 1. The standard InChI is InChI=1S/C22H21FN6O/c1-14-4-9-17-18(11-14)25-21(24-17)20-3-2-10-29(20)22(30)19-13-28(27-26-19)12-15-5-7-16(23)8-6-15/h4-9,11,13,20H,2-3,10,12H2,1H3,(H,24,25). The highest BCUT2D eigenvalue weighted by Gasteiger charge is 2.34. The number of aromatic amines is 1. The third kappa shape index (κ3) is 3.45. The Morgan fingerprint density at radius 3 is 2.90 bits per heavy atom. The molecular formula is C22H21FN6O. The Kier molecular flexibility index (Phi) is 4.54. The van der Waals surface area contributed by atoms with Gasteiger partial charge in [-0.05, 0) is 55.2 Å². The fourth-order valence-electron chi connectivity index (χ4n) is 3.99. The molecule has 2 aromatic carbocycles. The van der Waals surface area contributed by atoms with Crippen molar-refractivity contribution in [3.05, 3.63) is 77.1 Å². The number of carbonyl (C=O) groups excluding carboxylic acids is 1. The van der Waals surface area contributed by atoms with E-state index >= 15 is 0 Å². The van der Waals surface area contributed by atoms with Gasteiger partial charge in [-0.3, -0.25) is 4.79 Å². The Balaban J connectivity index is 1.35. The molecule has 1 fully saturated rings. The second-order valence-corrected chi connectivity index (χ2v) is 7.73. The number of aryl methyl sites for hydroxylation is 1. The van der Waals surface area contributed by atoms with Crippen molar-refractivity contribution < 1.29 is 9.18 Å². The zero-order chi connectivity index (χ0) is 20.7. The molecule has 0 saturated carbocycles. The van der Waals surface area contributed by atoms with Gasteiger partial charge >= 0.3 is 0 Å². The SMILES string of the molecule is Cc1ccc2nc(C3CCCN3C(=O)c3cn(Cc4ccc(F)cc4)nn3)[nH]c2c1. The molecule has 1 aliphatic heterocycles. The Morgan fingerprint density at radius 2 is 2.07 bits per heavy atom. The van der Waals surface area contributed by atoms with Crippen LogP contribution >= 0.6 is 0 Å². The largest absolute Gasteiger partial charge is 0.340 e. The molecular weight excluding hydrogens is 383 g/mol. The summed E-state index contributed by atoms with van der Waals surface area (Å²) in [5.41, 5.74) is 4.23. The second kappa shape index (κ2) is 7.37. The number of benzene rings is 2. The van der Waals surface area contributed by atoms with E-state index < -0.39 is 0 Å². The van der Waals surface area contributed by atoms with Gasteiger partial charge in [-0.15, -0.1) is 5.10 Å². The van der Waals surface area contributed by atoms with Crippen LogP contribution in [0.3, 0.4) is 0 Å². The molecule has 1 atom stereocenters. The summed E-state index contributed by atoms with van der Waals surface area (Å²) in [6.07, 6.45) is 3.41. The predicted molar refractivity (Wildman–Crippen MR) is 109 cm³/mol. The molecule has 0 aliphatic carbocycles. The third-order valence-corrected chi connectivity index (χ3v) is 5.50. The molecule has 1 saturated heterocycles. The van der Waals surface area contributed by atoms with E-state index in [4.69, 9.17) is 4.98 Å². The van der Waals surface area contributed by atoms with Crippen LogP contribution < -0.4 is 0 Å². The normalized spacial score (nSPS) is 16.5. The van der Waals surface area contributed by atoms with Crippen LogP contribution in [0.5, 0.6) is 0 Å². The number of H-pyrrole nitrogens is 1. The quantitative estimate of drug-likeness (QED) is 0.563. The second-order valence-electron chi connectivity index (χ2n) is 7.73. The van der Waals surface area contributed by atoms with Crippen LogP contribution in [0.1, 0.15) is 46.3 Å². The van der Waals surface area contributed by atoms with Crippen molar-refractivity contribution in [2.24, 2.45) is 0 Å². The number of hydrogen-bond acceptors (Lipinski definition) is 4. The lowest BCUT2D eigenvalue weighted by atomic mass is 10.2. The first-order valence-corrected chi connectivity index (χ1v) is 9.98. The molecule has 1 unspecified atom stereocenters. The van der Waals surface area contributed by atoms with Gasteiger partial charge in [0.2, 0.25) is 0 Å². The number of imidazole rings is 1. The number of aromatic nitrogens is 5. The van der Waals surface area contributed by atoms with Gasteiger partial charge in [-0.25, -0.2) is 14.1 Å². The van der Waals surface area contributed by atoms with E-state index in [-0.39, 0.29) is 17.8 Å². The number of likely N-dealkylation sites (tertiary alicyclic amines) is 1. The molecule has 0 spiro atoms. The maximum absolute atomic E-state index is 13.1. The van der Waals surface area contributed by atoms with Gasteiger partial charge in [0.25, 0.3) is 5.91 Å². The fraction of sp³-hybridized carbons (Fsp3) is 0.273. The molecule has 5 rings (SSSR count). The Hall–Kier alpha value is -3.55. The maximum Gasteiger partial charge on any atom is 0.276 e. The van der Waals surface area contributed by atoms with Gasteiger partial charge < -0.3 is 9.88 Å². The highest BCUT2D eigenvalue weighted by Crippen LogP contribution is 2.32. The van der Waals surface area contributed by atoms with Crippen LogP contribution in [-0.2, 0) is 6.54 Å². The van der Waals surface area contributed by atoms with Gasteiger partial charge in [0.1, 0.15) is 11.6 Å². The lowest BCUT2D eigenvalue weighted by Crippen LogP contribution is -2.31. The first-order chi connectivity index (χ1) is 14.6. The van der Waals surface area contributed by atoms with Gasteiger partial charge in [0, 0.05) is 6.54 Å². The van der Waals surface area contributed by atoms with Crippen molar-refractivity contribution in [1.29, 1.82) is 0 Å². The molecule has 1 aliphatic rings. The van der Waals surface area contributed by atoms with Crippen molar-refractivity contribution in [2.45, 2.75) is 32.4 Å². The summed E-state index contributed by atoms with van der Waals surface area (Å²) < 4.78 is 14.7. The average Bonchev–Trinajstić information content (AvgIpc) is 3.47. The molecule has 3 heterocycles. The summed E-state index contributed by atoms with van der Waals surface area (Å²) in [7, 11) is 0. The topological polar surface area (TPSA) is 79.7 Å². The van der Waals surface area contributed by atoms with Crippen LogP contribution in [0.4, 0.5) is 4.39 Å². The van der Waals surface area contributed by atoms with Gasteiger partial charge in [-0.2, -0.15) is 0 Å². The van der Waals surface area contributed by atoms with Crippen LogP contribution in [-0.4, -0.2) is 42.3 Å². The third-order valence-electron chi connectivity index (χ3n) is 5.50. The summed E-state index contributed by atoms with van der Waals surface area (Å²) in [6, 6.07) is 12.2. The van der Waals surface area contributed by atoms with E-state index in [2.05, 4.69) is 21.4 Å². The van der Waals surface area contributed by atoms with E-state index in [9.17, 15) is 9.18 Å². The van der Waals surface area contributed by atoms with Crippen molar-refractivity contribution in [3.63, 3.8) is 0 Å². The van der Waals surface area contributed by atoms with Crippen molar-refractivity contribution >= 4 is 16.9 Å². The first-order valence-electron chi connectivity index (χ1n) is 9.98. The van der Waals surface area contributed by atoms with Crippen LogP contribution in [0.2, 0.25) is 0 Å². The van der Waals surface area contributed by atoms with Gasteiger partial charge in [0.15, 0.2) is 5.69 Å². The maximum atomic E-state index is 13.1. The number of hydrogen-bond donors (Lipinski definition) is 1. The number of amides is 1. The molecule has 1 N–H and O–H groups in total. The molecule has 0 radical (unpaired) electrons. The van der Waals surface area contributed by atoms with E-state index in [1.54, 1.807) is 23.0 Å². The van der Waals surface area contributed by atoms with Crippen LogP contribution in [0, 0.1) is 12.7 Å². The Labute approximate surface area is 172 Å². The molecule has 30 heavy (non-hydrogen) atoms. The van der Waals surface area contributed by atoms with Gasteiger partial charge in [-0.1, -0.05) is 23.4 Å². The number of halogens is 1. The lowest BCUT2D eigenvalue weighted by molar-refractivity contribution is 0.0724. The van der Waals surface area contributed by atoms with Crippen LogP contribution in [0.25, 0.3) is 11.0 Å². The zero-order valence-corrected chi connectivity index (χ0v) is 16.5. The summed E-state index contributed by atoms with van der Waals surface area (Å²) in [5, 5.41) is 8.14. The molecule has 1 amide bonds. The van der Waals surface area contributed by atoms with Crippen LogP contribution in [0.15, 0.2) is 48.7 Å². The Morgan fingerprint density at radius 1 is 1.23 bits per heavy atom. The smallest absolute Gasteiger partial charge is 0.276 e. The predicted octanol–water partition coefficient (Wildman–Crippen LogP) is 3.63. The minimum absolute atomic E-state index is 0.104. The monoisotopic (exact) mass is 404 g/mol. The van der Waals surface area contributed by atoms with E-state index in [1.165, 1.54) is 12.1 Å². The molecule has 7 nitrogen and oxygen atoms in total. The zero-order valence-electron chi connectivity index (χ0n) is 16.5. The van der Waals surface area contributed by atoms with E-state index in [0.717, 1.165) is 40.8 Å². The highest BCUT2D eigenvalue weighted by atomic mass is 19.1. The number of carbonyl (C=O) groups is 1. The minimum atomic E-state index is -0.283. The van der Waals surface area contributed by atoms with E-state index in [0.29, 0.717) is 18.8 Å². The summed E-state index contributed by atoms with van der Waals surface area (Å²) in [6.45, 7) is 3.12. The minimum Gasteiger partial charge on any atom is -0.340 e. The lowest BCUT2D eigenvalue weighted by Gasteiger charge is -2.21. The van der Waals surface area contributed by atoms with Crippen molar-refractivity contribution in [2.75, 3.05) is 6.54 Å².